The number of quaternary nitrogens is 1. The molecule has 0 fully saturated rings. The Morgan fingerprint density at radius 3 is 2.56 bits per heavy atom. The van der Waals surface area contributed by atoms with Crippen LogP contribution in [0.5, 0.6) is 0 Å². The lowest BCUT2D eigenvalue weighted by molar-refractivity contribution is -0.895. The molecule has 0 spiro atoms. The molecule has 2 rings (SSSR count). The van der Waals surface area contributed by atoms with Crippen LogP contribution in [-0.4, -0.2) is 39.4 Å². The van der Waals surface area contributed by atoms with Crippen LogP contribution >= 0.6 is 12.2 Å². The van der Waals surface area contributed by atoms with Gasteiger partial charge in [0.1, 0.15) is 5.82 Å². The van der Waals surface area contributed by atoms with E-state index in [1.807, 2.05) is 32.4 Å². The molecule has 1 amide bonds. The lowest BCUT2D eigenvalue weighted by Gasteiger charge is -2.21. The summed E-state index contributed by atoms with van der Waals surface area (Å²) in [5.41, 5.74) is 0.501. The summed E-state index contributed by atoms with van der Waals surface area (Å²) in [7, 11) is 1.91. The highest BCUT2D eigenvalue weighted by Crippen LogP contribution is 2.18. The van der Waals surface area contributed by atoms with Gasteiger partial charge in [0.15, 0.2) is 19.0 Å². The highest BCUT2D eigenvalue weighted by molar-refractivity contribution is 7.71. The van der Waals surface area contributed by atoms with Gasteiger partial charge in [-0.2, -0.15) is 4.68 Å². The smallest absolute Gasteiger partial charge is 0.275 e. The second kappa shape index (κ2) is 8.58. The van der Waals surface area contributed by atoms with Crippen LogP contribution in [0.15, 0.2) is 36.9 Å². The summed E-state index contributed by atoms with van der Waals surface area (Å²) in [5.74, 6) is 0.309. The number of nitrogens with one attached hydrogen (secondary N) is 2. The molecule has 146 valence electrons. The van der Waals surface area contributed by atoms with Gasteiger partial charge in [-0.25, -0.2) is 4.39 Å². The number of hydrogen-bond donors (Lipinski definition) is 2. The number of hydrogen-bond acceptors (Lipinski definition) is 3. The number of nitrogens with zero attached hydrogens (tertiary/aromatic N) is 3. The van der Waals surface area contributed by atoms with Gasteiger partial charge in [0.2, 0.25) is 4.77 Å². The van der Waals surface area contributed by atoms with E-state index in [4.69, 9.17) is 12.2 Å². The van der Waals surface area contributed by atoms with Crippen molar-refractivity contribution in [2.24, 2.45) is 0 Å². The van der Waals surface area contributed by atoms with E-state index in [1.54, 1.807) is 22.9 Å². The first-order chi connectivity index (χ1) is 12.6. The van der Waals surface area contributed by atoms with Crippen LogP contribution in [0, 0.1) is 10.6 Å². The van der Waals surface area contributed by atoms with Crippen LogP contribution in [0.2, 0.25) is 0 Å². The maximum Gasteiger partial charge on any atom is 0.275 e. The first-order valence-electron chi connectivity index (χ1n) is 8.77. The molecule has 0 saturated carbocycles. The Balaban J connectivity index is 2.23. The van der Waals surface area contributed by atoms with E-state index in [0.717, 1.165) is 10.5 Å². The molecule has 1 aromatic heterocycles. The zero-order valence-corrected chi connectivity index (χ0v) is 17.1. The number of carbonyl (C=O) groups is 1. The summed E-state index contributed by atoms with van der Waals surface area (Å²) in [5, 5.41) is 7.55. The van der Waals surface area contributed by atoms with Crippen LogP contribution in [0.4, 0.5) is 4.39 Å². The number of aromatic nitrogens is 3. The van der Waals surface area contributed by atoms with Gasteiger partial charge in [0.25, 0.3) is 5.91 Å². The third-order valence-corrected chi connectivity index (χ3v) is 4.16. The molecule has 27 heavy (non-hydrogen) atoms. The second-order valence-corrected chi connectivity index (χ2v) is 7.97. The van der Waals surface area contributed by atoms with Crippen LogP contribution < -0.4 is 10.2 Å². The van der Waals surface area contributed by atoms with Crippen LogP contribution in [0.1, 0.15) is 20.8 Å². The van der Waals surface area contributed by atoms with Crippen molar-refractivity contribution in [1.29, 1.82) is 0 Å². The molecule has 2 N–H and O–H groups in total. The minimum absolute atomic E-state index is 0.0317. The van der Waals surface area contributed by atoms with E-state index >= 15 is 0 Å². The summed E-state index contributed by atoms with van der Waals surface area (Å²) in [4.78, 5) is 13.1. The van der Waals surface area contributed by atoms with Crippen molar-refractivity contribution in [3.05, 3.63) is 47.5 Å². The van der Waals surface area contributed by atoms with Gasteiger partial charge in [-0.05, 0) is 57.3 Å². The fourth-order valence-electron chi connectivity index (χ4n) is 2.70. The number of likely N-dealkylation sites (N-methyl/N-ethyl adjacent to an activating group) is 1. The summed E-state index contributed by atoms with van der Waals surface area (Å²) in [6.07, 6.45) is 1.74. The Labute approximate surface area is 164 Å². The van der Waals surface area contributed by atoms with Gasteiger partial charge in [-0.1, -0.05) is 6.08 Å². The maximum atomic E-state index is 13.2. The Morgan fingerprint density at radius 1 is 1.37 bits per heavy atom. The van der Waals surface area contributed by atoms with Crippen LogP contribution in [-0.2, 0) is 18.0 Å². The van der Waals surface area contributed by atoms with Crippen LogP contribution in [0.25, 0.3) is 11.4 Å². The summed E-state index contributed by atoms with van der Waals surface area (Å²) >= 11 is 5.55. The molecule has 0 aliphatic rings. The minimum atomic E-state index is -0.305. The lowest BCUT2D eigenvalue weighted by atomic mass is 10.1. The van der Waals surface area contributed by atoms with Crippen molar-refractivity contribution in [2.45, 2.75) is 39.5 Å². The van der Waals surface area contributed by atoms with Crippen molar-refractivity contribution in [3.63, 3.8) is 0 Å². The average molecular weight is 393 g/mol. The largest absolute Gasteiger partial charge is 0.347 e. The zero-order valence-electron chi connectivity index (χ0n) is 16.3. The fraction of sp³-hybridized carbons (Fsp3) is 0.421. The van der Waals surface area contributed by atoms with Crippen molar-refractivity contribution in [1.82, 2.24) is 19.7 Å². The minimum Gasteiger partial charge on any atom is -0.347 e. The molecule has 1 atom stereocenters. The number of halogens is 1. The SMILES string of the molecule is C=CCn1c(-c2ccc(F)cc2)nn(C[NH+](C)CC(=O)NC(C)(C)C)c1=S. The highest BCUT2D eigenvalue weighted by atomic mass is 32.1. The summed E-state index contributed by atoms with van der Waals surface area (Å²) in [6.45, 7) is 10.8. The molecule has 1 heterocycles. The van der Waals surface area contributed by atoms with E-state index in [2.05, 4.69) is 17.0 Å². The van der Waals surface area contributed by atoms with Gasteiger partial charge < -0.3 is 10.2 Å². The normalized spacial score (nSPS) is 12.6. The molecule has 6 nitrogen and oxygen atoms in total. The monoisotopic (exact) mass is 392 g/mol. The van der Waals surface area contributed by atoms with Crippen molar-refractivity contribution in [3.8, 4) is 11.4 Å². The number of allylic oxidation sites excluding steroid dienone is 1. The van der Waals surface area contributed by atoms with Gasteiger partial charge >= 0.3 is 0 Å². The molecule has 0 saturated heterocycles. The van der Waals surface area contributed by atoms with E-state index in [-0.39, 0.29) is 17.3 Å². The molecular weight excluding hydrogens is 365 g/mol. The number of amides is 1. The fourth-order valence-corrected chi connectivity index (χ4v) is 2.96. The van der Waals surface area contributed by atoms with Gasteiger partial charge in [-0.3, -0.25) is 9.36 Å². The van der Waals surface area contributed by atoms with Crippen molar-refractivity contribution in [2.75, 3.05) is 13.6 Å². The Bertz CT molecular complexity index is 864. The quantitative estimate of drug-likeness (QED) is 0.558. The number of carbonyl (C=O) groups excluding carboxylic acids is 1. The van der Waals surface area contributed by atoms with E-state index in [1.165, 1.54) is 12.1 Å². The molecular formula is C19H27FN5OS+. The standard InChI is InChI=1S/C19H26FN5OS/c1-6-11-24-17(14-7-9-15(20)10-8-14)22-25(18(24)27)13-23(5)12-16(26)21-19(2,3)4/h6-10H,1,11-13H2,2-5H3,(H,21,26)/p+1. The molecule has 1 aromatic carbocycles. The first-order valence-corrected chi connectivity index (χ1v) is 9.18. The van der Waals surface area contributed by atoms with Crippen molar-refractivity contribution < 1.29 is 14.1 Å². The van der Waals surface area contributed by atoms with E-state index in [0.29, 0.717) is 30.4 Å². The van der Waals surface area contributed by atoms with Crippen molar-refractivity contribution >= 4 is 18.1 Å². The predicted molar refractivity (Wildman–Crippen MR) is 106 cm³/mol. The van der Waals surface area contributed by atoms with Gasteiger partial charge in [-0.15, -0.1) is 11.7 Å². The Morgan fingerprint density at radius 2 is 2.00 bits per heavy atom. The van der Waals surface area contributed by atoms with Crippen LogP contribution in [0.3, 0.4) is 0 Å². The molecule has 8 heteroatoms. The Kier molecular flexibility index (Phi) is 6.67. The topological polar surface area (TPSA) is 56.3 Å². The van der Waals surface area contributed by atoms with Gasteiger partial charge in [0.05, 0.1) is 7.05 Å². The number of benzene rings is 1. The van der Waals surface area contributed by atoms with E-state index in [9.17, 15) is 9.18 Å². The lowest BCUT2D eigenvalue weighted by Crippen LogP contribution is -3.09. The Hall–Kier alpha value is -2.32. The summed E-state index contributed by atoms with van der Waals surface area (Å²) in [6, 6.07) is 6.13. The molecule has 0 bridgehead atoms. The second-order valence-electron chi connectivity index (χ2n) is 7.60. The maximum absolute atomic E-state index is 13.2. The van der Waals surface area contributed by atoms with Gasteiger partial charge in [0, 0.05) is 17.6 Å². The highest BCUT2D eigenvalue weighted by Gasteiger charge is 2.19. The average Bonchev–Trinajstić information content (AvgIpc) is 2.83. The molecule has 0 aliphatic heterocycles. The third-order valence-electron chi connectivity index (χ3n) is 3.73. The third kappa shape index (κ3) is 5.83. The molecule has 0 aliphatic carbocycles. The number of rotatable bonds is 7. The predicted octanol–water partition coefficient (Wildman–Crippen LogP) is 1.79. The zero-order chi connectivity index (χ0) is 20.2. The molecule has 2 aromatic rings. The molecule has 0 radical (unpaired) electrons. The first kappa shape index (κ1) is 21.0. The van der Waals surface area contributed by atoms with E-state index < -0.39 is 0 Å². The summed E-state index contributed by atoms with van der Waals surface area (Å²) < 4.78 is 17.3. The molecule has 1 unspecified atom stereocenters.